The van der Waals surface area contributed by atoms with E-state index in [1.54, 1.807) is 6.92 Å². The molecule has 1 aromatic heterocycles. The van der Waals surface area contributed by atoms with Gasteiger partial charge in [0.15, 0.2) is 0 Å². The smallest absolute Gasteiger partial charge is 0.242 e. The van der Waals surface area contributed by atoms with Crippen LogP contribution in [0.1, 0.15) is 18.9 Å². The van der Waals surface area contributed by atoms with E-state index in [0.717, 1.165) is 0 Å². The Kier molecular flexibility index (Phi) is 6.81. The van der Waals surface area contributed by atoms with Crippen LogP contribution in [-0.2, 0) is 14.8 Å². The second-order valence-corrected chi connectivity index (χ2v) is 5.74. The van der Waals surface area contributed by atoms with Crippen LogP contribution in [-0.4, -0.2) is 44.1 Å². The lowest BCUT2D eigenvalue weighted by atomic mass is 10.3. The van der Waals surface area contributed by atoms with Crippen molar-refractivity contribution in [3.05, 3.63) is 24.0 Å². The minimum atomic E-state index is -3.74. The van der Waals surface area contributed by atoms with Crippen molar-refractivity contribution in [2.75, 3.05) is 19.7 Å². The minimum absolute atomic E-state index is 0.000707. The van der Waals surface area contributed by atoms with E-state index < -0.39 is 10.0 Å². The number of aromatic nitrogens is 1. The molecule has 0 saturated heterocycles. The molecule has 0 aliphatic carbocycles. The second-order valence-electron chi connectivity index (χ2n) is 3.97. The lowest BCUT2D eigenvalue weighted by molar-refractivity contribution is -0.120. The molecule has 0 radical (unpaired) electrons. The molecule has 0 atom stereocenters. The van der Waals surface area contributed by atoms with Gasteiger partial charge >= 0.3 is 0 Å². The maximum atomic E-state index is 12.0. The van der Waals surface area contributed by atoms with Crippen molar-refractivity contribution in [2.45, 2.75) is 18.2 Å². The highest BCUT2D eigenvalue weighted by Gasteiger charge is 2.14. The predicted molar refractivity (Wildman–Crippen MR) is 76.7 cm³/mol. The van der Waals surface area contributed by atoms with Crippen molar-refractivity contribution in [2.24, 2.45) is 0 Å². The van der Waals surface area contributed by atoms with E-state index in [-0.39, 0.29) is 30.4 Å². The van der Waals surface area contributed by atoms with Gasteiger partial charge in [0.1, 0.15) is 11.5 Å². The Morgan fingerprint density at radius 2 is 2.19 bits per heavy atom. The van der Waals surface area contributed by atoms with Gasteiger partial charge in [-0.3, -0.25) is 9.78 Å². The quantitative estimate of drug-likeness (QED) is 0.598. The van der Waals surface area contributed by atoms with Gasteiger partial charge in [-0.05, 0) is 13.0 Å². The van der Waals surface area contributed by atoms with Crippen LogP contribution in [0.2, 0.25) is 0 Å². The van der Waals surface area contributed by atoms with Gasteiger partial charge < -0.3 is 10.4 Å². The Hall–Kier alpha value is -1.95. The molecule has 1 rings (SSSR count). The average molecular weight is 311 g/mol. The van der Waals surface area contributed by atoms with Crippen LogP contribution in [0.5, 0.6) is 0 Å². The summed E-state index contributed by atoms with van der Waals surface area (Å²) in [5.41, 5.74) is 0.385. The average Bonchev–Trinajstić information content (AvgIpc) is 2.45. The zero-order chi connectivity index (χ0) is 15.7. The van der Waals surface area contributed by atoms with Crippen molar-refractivity contribution >= 4 is 15.9 Å². The molecule has 114 valence electrons. The Morgan fingerprint density at radius 3 is 2.86 bits per heavy atom. The number of carbonyl (C=O) groups is 1. The van der Waals surface area contributed by atoms with E-state index in [4.69, 9.17) is 5.11 Å². The molecule has 1 aromatic rings. The molecule has 3 N–H and O–H groups in total. The Bertz CT molecular complexity index is 647. The van der Waals surface area contributed by atoms with Crippen LogP contribution in [0.3, 0.4) is 0 Å². The summed E-state index contributed by atoms with van der Waals surface area (Å²) in [5.74, 6) is 4.77. The van der Waals surface area contributed by atoms with E-state index >= 15 is 0 Å². The SMILES string of the molecule is CCNC(=O)CCNS(=O)(=O)c1cncc(C#CCO)c1. The number of nitrogens with one attached hydrogen (secondary N) is 2. The number of rotatable bonds is 6. The fraction of sp³-hybridized carbons (Fsp3) is 0.385. The van der Waals surface area contributed by atoms with Crippen LogP contribution >= 0.6 is 0 Å². The van der Waals surface area contributed by atoms with Gasteiger partial charge in [0.05, 0.1) is 0 Å². The first kappa shape index (κ1) is 17.1. The number of pyridine rings is 1. The fourth-order valence-corrected chi connectivity index (χ4v) is 2.46. The number of hydrogen-bond donors (Lipinski definition) is 3. The van der Waals surface area contributed by atoms with Gasteiger partial charge in [0, 0.05) is 37.5 Å². The maximum Gasteiger partial charge on any atom is 0.242 e. The molecule has 0 fully saturated rings. The number of carbonyl (C=O) groups excluding carboxylic acids is 1. The Morgan fingerprint density at radius 1 is 1.43 bits per heavy atom. The third kappa shape index (κ3) is 5.91. The lowest BCUT2D eigenvalue weighted by Crippen LogP contribution is -2.30. The van der Waals surface area contributed by atoms with E-state index in [9.17, 15) is 13.2 Å². The Labute approximate surface area is 123 Å². The van der Waals surface area contributed by atoms with Gasteiger partial charge in [-0.15, -0.1) is 0 Å². The summed E-state index contributed by atoms with van der Waals surface area (Å²) in [5, 5.41) is 11.2. The number of amides is 1. The van der Waals surface area contributed by atoms with Gasteiger partial charge in [0.2, 0.25) is 15.9 Å². The van der Waals surface area contributed by atoms with Crippen LogP contribution in [0.25, 0.3) is 0 Å². The van der Waals surface area contributed by atoms with Crippen molar-refractivity contribution in [1.82, 2.24) is 15.0 Å². The van der Waals surface area contributed by atoms with Gasteiger partial charge in [0.25, 0.3) is 0 Å². The maximum absolute atomic E-state index is 12.0. The van der Waals surface area contributed by atoms with Crippen molar-refractivity contribution < 1.29 is 18.3 Å². The highest BCUT2D eigenvalue weighted by Crippen LogP contribution is 2.08. The van der Waals surface area contributed by atoms with E-state index in [1.165, 1.54) is 18.5 Å². The Balaban J connectivity index is 2.72. The zero-order valence-corrected chi connectivity index (χ0v) is 12.4. The molecule has 0 spiro atoms. The van der Waals surface area contributed by atoms with Crippen LogP contribution in [0.15, 0.2) is 23.4 Å². The molecule has 1 heterocycles. The van der Waals surface area contributed by atoms with E-state index in [2.05, 4.69) is 26.9 Å². The number of hydrogen-bond acceptors (Lipinski definition) is 5. The molecular formula is C13H17N3O4S. The van der Waals surface area contributed by atoms with Gasteiger partial charge in [-0.25, -0.2) is 13.1 Å². The third-order valence-electron chi connectivity index (χ3n) is 2.35. The molecule has 7 nitrogen and oxygen atoms in total. The number of nitrogens with zero attached hydrogens (tertiary/aromatic N) is 1. The summed E-state index contributed by atoms with van der Waals surface area (Å²) in [6, 6.07) is 1.35. The van der Waals surface area contributed by atoms with Crippen LogP contribution < -0.4 is 10.0 Å². The zero-order valence-electron chi connectivity index (χ0n) is 11.6. The first-order valence-electron chi connectivity index (χ1n) is 6.30. The van der Waals surface area contributed by atoms with Gasteiger partial charge in [-0.2, -0.15) is 0 Å². The molecule has 0 aromatic carbocycles. The van der Waals surface area contributed by atoms with Crippen molar-refractivity contribution in [3.63, 3.8) is 0 Å². The summed E-state index contributed by atoms with van der Waals surface area (Å²) in [6.07, 6.45) is 2.65. The lowest BCUT2D eigenvalue weighted by Gasteiger charge is -2.06. The van der Waals surface area contributed by atoms with Crippen LogP contribution in [0, 0.1) is 11.8 Å². The molecule has 0 aliphatic heterocycles. The topological polar surface area (TPSA) is 108 Å². The first-order valence-corrected chi connectivity index (χ1v) is 7.79. The standard InChI is InChI=1S/C13H17N3O4S/c1-2-15-13(18)5-6-16-21(19,20)12-8-11(4-3-7-17)9-14-10-12/h8-10,16-17H,2,5-7H2,1H3,(H,15,18). The van der Waals surface area contributed by atoms with E-state index in [1.807, 2.05) is 0 Å². The van der Waals surface area contributed by atoms with Crippen molar-refractivity contribution in [1.29, 1.82) is 0 Å². The number of aliphatic hydroxyl groups excluding tert-OH is 1. The predicted octanol–water partition coefficient (Wildman–Crippen LogP) is -0.770. The molecule has 0 bridgehead atoms. The normalized spacial score (nSPS) is 10.6. The minimum Gasteiger partial charge on any atom is -0.384 e. The second kappa shape index (κ2) is 8.36. The molecule has 0 saturated carbocycles. The largest absolute Gasteiger partial charge is 0.384 e. The number of aliphatic hydroxyl groups is 1. The summed E-state index contributed by atoms with van der Waals surface area (Å²) >= 11 is 0. The summed E-state index contributed by atoms with van der Waals surface area (Å²) in [7, 11) is -3.74. The highest BCUT2D eigenvalue weighted by atomic mass is 32.2. The molecule has 8 heteroatoms. The third-order valence-corrected chi connectivity index (χ3v) is 3.78. The number of sulfonamides is 1. The fourth-order valence-electron chi connectivity index (χ4n) is 1.44. The van der Waals surface area contributed by atoms with Crippen molar-refractivity contribution in [3.8, 4) is 11.8 Å². The summed E-state index contributed by atoms with van der Waals surface area (Å²) in [4.78, 5) is 15.0. The van der Waals surface area contributed by atoms with Gasteiger partial charge in [-0.1, -0.05) is 11.8 Å². The monoisotopic (exact) mass is 311 g/mol. The molecule has 1 amide bonds. The molecule has 0 unspecified atom stereocenters. The first-order chi connectivity index (χ1) is 9.99. The highest BCUT2D eigenvalue weighted by molar-refractivity contribution is 7.89. The van der Waals surface area contributed by atoms with Crippen LogP contribution in [0.4, 0.5) is 0 Å². The summed E-state index contributed by atoms with van der Waals surface area (Å²) in [6.45, 7) is 1.97. The molecule has 21 heavy (non-hydrogen) atoms. The summed E-state index contributed by atoms with van der Waals surface area (Å²) < 4.78 is 26.4. The molecule has 0 aliphatic rings. The molecular weight excluding hydrogens is 294 g/mol. The van der Waals surface area contributed by atoms with E-state index in [0.29, 0.717) is 12.1 Å².